The molecule has 0 saturated heterocycles. The molecule has 0 spiro atoms. The number of halogens is 2. The van der Waals surface area contributed by atoms with Crippen molar-refractivity contribution in [1.82, 2.24) is 0 Å². The van der Waals surface area contributed by atoms with E-state index in [2.05, 4.69) is 63.1 Å². The van der Waals surface area contributed by atoms with Crippen LogP contribution < -0.4 is 10.6 Å². The van der Waals surface area contributed by atoms with E-state index in [4.69, 9.17) is 5.73 Å². The van der Waals surface area contributed by atoms with Gasteiger partial charge < -0.3 is 10.6 Å². The van der Waals surface area contributed by atoms with E-state index in [0.717, 1.165) is 22.3 Å². The standard InChI is InChI=1S/C21H19BrFN3/c1-13-12-26(21(24)25-11-14-5-7-15(23)8-6-14)19-10-9-16-17(20(13)19)3-2-4-18(16)22/h2-10,13H,11-12H2,1H3,(H2,24,25). The lowest BCUT2D eigenvalue weighted by atomic mass is 9.96. The molecule has 26 heavy (non-hydrogen) atoms. The Morgan fingerprint density at radius 1 is 1.15 bits per heavy atom. The van der Waals surface area contributed by atoms with Gasteiger partial charge in [-0.05, 0) is 46.2 Å². The highest BCUT2D eigenvalue weighted by molar-refractivity contribution is 9.10. The number of guanidine groups is 1. The van der Waals surface area contributed by atoms with Crippen molar-refractivity contribution in [2.75, 3.05) is 11.4 Å². The van der Waals surface area contributed by atoms with Crippen LogP contribution in [0.15, 0.2) is 64.1 Å². The van der Waals surface area contributed by atoms with Gasteiger partial charge in [-0.1, -0.05) is 53.2 Å². The van der Waals surface area contributed by atoms with Crippen LogP contribution in [0.5, 0.6) is 0 Å². The normalized spacial score (nSPS) is 17.0. The minimum absolute atomic E-state index is 0.244. The Bertz CT molecular complexity index is 998. The first-order valence-electron chi connectivity index (χ1n) is 8.57. The zero-order valence-electron chi connectivity index (χ0n) is 14.4. The van der Waals surface area contributed by atoms with Gasteiger partial charge in [0, 0.05) is 22.6 Å². The third kappa shape index (κ3) is 2.97. The molecule has 4 rings (SSSR count). The minimum atomic E-state index is -0.244. The average molecular weight is 412 g/mol. The summed E-state index contributed by atoms with van der Waals surface area (Å²) in [7, 11) is 0. The number of nitrogens with zero attached hydrogens (tertiary/aromatic N) is 2. The van der Waals surface area contributed by atoms with Crippen molar-refractivity contribution in [1.29, 1.82) is 0 Å². The highest BCUT2D eigenvalue weighted by Crippen LogP contribution is 2.42. The molecule has 0 bridgehead atoms. The predicted octanol–water partition coefficient (Wildman–Crippen LogP) is 5.18. The maximum atomic E-state index is 13.0. The maximum Gasteiger partial charge on any atom is 0.196 e. The molecule has 1 unspecified atom stereocenters. The van der Waals surface area contributed by atoms with Crippen LogP contribution in [0.3, 0.4) is 0 Å². The molecule has 0 saturated carbocycles. The van der Waals surface area contributed by atoms with Crippen molar-refractivity contribution in [2.24, 2.45) is 10.7 Å². The van der Waals surface area contributed by atoms with Crippen LogP contribution in [0.2, 0.25) is 0 Å². The molecule has 0 aliphatic carbocycles. The highest BCUT2D eigenvalue weighted by atomic mass is 79.9. The summed E-state index contributed by atoms with van der Waals surface area (Å²) in [6.45, 7) is 3.46. The van der Waals surface area contributed by atoms with Crippen LogP contribution in [0, 0.1) is 5.82 Å². The summed E-state index contributed by atoms with van der Waals surface area (Å²) < 4.78 is 14.1. The van der Waals surface area contributed by atoms with Gasteiger partial charge >= 0.3 is 0 Å². The topological polar surface area (TPSA) is 41.6 Å². The number of nitrogens with two attached hydrogens (primary N) is 1. The molecule has 3 aromatic rings. The molecule has 0 fully saturated rings. The van der Waals surface area contributed by atoms with Crippen LogP contribution in [0.25, 0.3) is 10.8 Å². The van der Waals surface area contributed by atoms with Crippen LogP contribution in [0.4, 0.5) is 10.1 Å². The number of hydrogen-bond donors (Lipinski definition) is 1. The SMILES string of the molecule is CC1CN(C(N)=NCc2ccc(F)cc2)c2ccc3c(Br)cccc3c21. The second-order valence-corrected chi connectivity index (χ2v) is 7.50. The molecule has 0 aromatic heterocycles. The van der Waals surface area contributed by atoms with Gasteiger partial charge in [0.2, 0.25) is 0 Å². The van der Waals surface area contributed by atoms with E-state index in [0.29, 0.717) is 18.4 Å². The van der Waals surface area contributed by atoms with Gasteiger partial charge in [-0.2, -0.15) is 0 Å². The Labute approximate surface area is 160 Å². The fourth-order valence-electron chi connectivity index (χ4n) is 3.61. The quantitative estimate of drug-likeness (QED) is 0.466. The van der Waals surface area contributed by atoms with Gasteiger partial charge in [0.1, 0.15) is 5.82 Å². The van der Waals surface area contributed by atoms with Gasteiger partial charge in [0.05, 0.1) is 6.54 Å². The van der Waals surface area contributed by atoms with Crippen LogP contribution >= 0.6 is 15.9 Å². The van der Waals surface area contributed by atoms with Crippen LogP contribution in [0.1, 0.15) is 24.0 Å². The molecule has 3 nitrogen and oxygen atoms in total. The molecule has 132 valence electrons. The fourth-order valence-corrected chi connectivity index (χ4v) is 4.11. The van der Waals surface area contributed by atoms with Gasteiger partial charge in [0.15, 0.2) is 5.96 Å². The number of rotatable bonds is 2. The lowest BCUT2D eigenvalue weighted by Gasteiger charge is -2.19. The highest BCUT2D eigenvalue weighted by Gasteiger charge is 2.29. The lowest BCUT2D eigenvalue weighted by Crippen LogP contribution is -2.36. The second-order valence-electron chi connectivity index (χ2n) is 6.65. The second kappa shape index (κ2) is 6.72. The van der Waals surface area contributed by atoms with Gasteiger partial charge in [-0.25, -0.2) is 9.38 Å². The first-order chi connectivity index (χ1) is 12.5. The van der Waals surface area contributed by atoms with Crippen LogP contribution in [-0.4, -0.2) is 12.5 Å². The third-order valence-electron chi connectivity index (χ3n) is 4.88. The predicted molar refractivity (Wildman–Crippen MR) is 109 cm³/mol. The third-order valence-corrected chi connectivity index (χ3v) is 5.57. The lowest BCUT2D eigenvalue weighted by molar-refractivity contribution is 0.627. The number of hydrogen-bond acceptors (Lipinski definition) is 1. The number of benzene rings is 3. The molecular formula is C21H19BrFN3. The zero-order valence-corrected chi connectivity index (χ0v) is 16.0. The van der Waals surface area contributed by atoms with Crippen molar-refractivity contribution in [3.05, 3.63) is 76.0 Å². The van der Waals surface area contributed by atoms with Crippen molar-refractivity contribution in [3.8, 4) is 0 Å². The number of anilines is 1. The van der Waals surface area contributed by atoms with E-state index >= 15 is 0 Å². The summed E-state index contributed by atoms with van der Waals surface area (Å²) in [4.78, 5) is 6.60. The smallest absolute Gasteiger partial charge is 0.196 e. The Balaban J connectivity index is 1.68. The van der Waals surface area contributed by atoms with Gasteiger partial charge in [0.25, 0.3) is 0 Å². The minimum Gasteiger partial charge on any atom is -0.370 e. The van der Waals surface area contributed by atoms with E-state index in [9.17, 15) is 4.39 Å². The molecule has 0 radical (unpaired) electrons. The van der Waals surface area contributed by atoms with E-state index in [1.165, 1.54) is 28.5 Å². The summed E-state index contributed by atoms with van der Waals surface area (Å²) >= 11 is 3.64. The van der Waals surface area contributed by atoms with Crippen LogP contribution in [-0.2, 0) is 6.54 Å². The van der Waals surface area contributed by atoms with Gasteiger partial charge in [-0.15, -0.1) is 0 Å². The molecule has 1 atom stereocenters. The molecule has 1 heterocycles. The number of fused-ring (bicyclic) bond motifs is 3. The molecule has 3 aromatic carbocycles. The largest absolute Gasteiger partial charge is 0.370 e. The van der Waals surface area contributed by atoms with E-state index in [1.54, 1.807) is 12.1 Å². The number of aliphatic imine (C=N–C) groups is 1. The van der Waals surface area contributed by atoms with Crippen molar-refractivity contribution >= 4 is 38.3 Å². The fraction of sp³-hybridized carbons (Fsp3) is 0.190. The Morgan fingerprint density at radius 2 is 1.92 bits per heavy atom. The molecule has 0 amide bonds. The molecule has 1 aliphatic rings. The molecular weight excluding hydrogens is 393 g/mol. The molecule has 5 heteroatoms. The summed E-state index contributed by atoms with van der Waals surface area (Å²) in [5.41, 5.74) is 9.66. The van der Waals surface area contributed by atoms with Crippen molar-refractivity contribution in [2.45, 2.75) is 19.4 Å². The summed E-state index contributed by atoms with van der Waals surface area (Å²) in [5.74, 6) is 0.614. The Kier molecular flexibility index (Phi) is 4.41. The van der Waals surface area contributed by atoms with E-state index in [1.807, 2.05) is 0 Å². The Morgan fingerprint density at radius 3 is 2.69 bits per heavy atom. The summed E-state index contributed by atoms with van der Waals surface area (Å²) in [6.07, 6.45) is 0. The van der Waals surface area contributed by atoms with Crippen molar-refractivity contribution in [3.63, 3.8) is 0 Å². The summed E-state index contributed by atoms with van der Waals surface area (Å²) in [6, 6.07) is 16.9. The molecule has 2 N–H and O–H groups in total. The van der Waals surface area contributed by atoms with E-state index < -0.39 is 0 Å². The average Bonchev–Trinajstić information content (AvgIpc) is 2.99. The zero-order chi connectivity index (χ0) is 18.3. The summed E-state index contributed by atoms with van der Waals surface area (Å²) in [5, 5.41) is 2.46. The molecule has 1 aliphatic heterocycles. The Hall–Kier alpha value is -2.40. The monoisotopic (exact) mass is 411 g/mol. The maximum absolute atomic E-state index is 13.0. The first kappa shape index (κ1) is 17.0. The van der Waals surface area contributed by atoms with Crippen molar-refractivity contribution < 1.29 is 4.39 Å². The van der Waals surface area contributed by atoms with E-state index in [-0.39, 0.29) is 5.82 Å². The van der Waals surface area contributed by atoms with Gasteiger partial charge in [-0.3, -0.25) is 0 Å². The first-order valence-corrected chi connectivity index (χ1v) is 9.37.